The lowest BCUT2D eigenvalue weighted by atomic mass is 9.74. The first kappa shape index (κ1) is 28.2. The van der Waals surface area contributed by atoms with Gasteiger partial charge in [0.25, 0.3) is 0 Å². The van der Waals surface area contributed by atoms with Crippen molar-refractivity contribution in [3.63, 3.8) is 0 Å². The highest BCUT2D eigenvalue weighted by molar-refractivity contribution is 5.86. The third kappa shape index (κ3) is 7.44. The van der Waals surface area contributed by atoms with Gasteiger partial charge in [-0.2, -0.15) is 0 Å². The second-order valence-electron chi connectivity index (χ2n) is 7.97. The van der Waals surface area contributed by atoms with Gasteiger partial charge in [-0.15, -0.1) is 37.2 Å². The van der Waals surface area contributed by atoms with E-state index in [0.29, 0.717) is 6.54 Å². The summed E-state index contributed by atoms with van der Waals surface area (Å²) in [6, 6.07) is 4.13. The van der Waals surface area contributed by atoms with Gasteiger partial charge >= 0.3 is 0 Å². The number of halogens is 3. The molecular formula is C20H36Cl3N5O. The highest BCUT2D eigenvalue weighted by Crippen LogP contribution is 2.31. The van der Waals surface area contributed by atoms with Crippen molar-refractivity contribution < 1.29 is 4.79 Å². The van der Waals surface area contributed by atoms with Crippen LogP contribution in [0.4, 0.5) is 5.82 Å². The smallest absolute Gasteiger partial charge is 0.225 e. The van der Waals surface area contributed by atoms with Gasteiger partial charge in [0.1, 0.15) is 5.82 Å². The zero-order chi connectivity index (χ0) is 18.6. The molecule has 3 N–H and O–H groups in total. The van der Waals surface area contributed by atoms with Gasteiger partial charge in [0.15, 0.2) is 0 Å². The maximum absolute atomic E-state index is 12.5. The predicted octanol–water partition coefficient (Wildman–Crippen LogP) is 3.01. The van der Waals surface area contributed by atoms with Gasteiger partial charge in [-0.3, -0.25) is 4.79 Å². The summed E-state index contributed by atoms with van der Waals surface area (Å²) < 4.78 is 0. The van der Waals surface area contributed by atoms with E-state index in [-0.39, 0.29) is 54.6 Å². The molecule has 2 fully saturated rings. The number of nitrogens with two attached hydrogens (primary N) is 1. The lowest BCUT2D eigenvalue weighted by Crippen LogP contribution is -2.52. The Hall–Kier alpha value is -0.790. The number of hydrogen-bond acceptors (Lipinski definition) is 5. The second-order valence-corrected chi connectivity index (χ2v) is 7.97. The number of nitrogens with zero attached hydrogens (tertiary/aromatic N) is 3. The number of aromatic nitrogens is 1. The maximum Gasteiger partial charge on any atom is 0.225 e. The standard InChI is InChI=1S/C20H33N5O.3ClH/c1-3-24-10-12-25(13-11-24)18-8-7-16(14-22-18)15-23-19(26)17-6-4-5-9-20(17,2)21;;;/h7-8,14,17H,3-6,9-13,15,21H2,1-2H3,(H,23,26);3*1H. The van der Waals surface area contributed by atoms with Crippen LogP contribution in [0, 0.1) is 5.92 Å². The number of piperazine rings is 1. The molecule has 2 unspecified atom stereocenters. The van der Waals surface area contributed by atoms with Crippen LogP contribution in [0.3, 0.4) is 0 Å². The van der Waals surface area contributed by atoms with E-state index in [1.165, 1.54) is 0 Å². The minimum absolute atomic E-state index is 0. The Kier molecular flexibility index (Phi) is 12.5. The summed E-state index contributed by atoms with van der Waals surface area (Å²) in [5, 5.41) is 3.06. The van der Waals surface area contributed by atoms with Gasteiger partial charge in [-0.25, -0.2) is 4.98 Å². The summed E-state index contributed by atoms with van der Waals surface area (Å²) >= 11 is 0. The molecule has 1 aliphatic heterocycles. The molecular weight excluding hydrogens is 433 g/mol. The van der Waals surface area contributed by atoms with Crippen molar-refractivity contribution in [2.24, 2.45) is 11.7 Å². The topological polar surface area (TPSA) is 74.5 Å². The minimum atomic E-state index is -0.384. The average molecular weight is 469 g/mol. The molecule has 0 aromatic carbocycles. The van der Waals surface area contributed by atoms with Crippen LogP contribution in [0.2, 0.25) is 0 Å². The Balaban J connectivity index is 0.00000261. The first-order chi connectivity index (χ1) is 12.5. The molecule has 0 radical (unpaired) electrons. The molecule has 0 bridgehead atoms. The first-order valence-corrected chi connectivity index (χ1v) is 9.98. The second kappa shape index (κ2) is 12.8. The molecule has 9 heteroatoms. The van der Waals surface area contributed by atoms with Crippen molar-refractivity contribution in [2.75, 3.05) is 37.6 Å². The molecule has 0 spiro atoms. The highest BCUT2D eigenvalue weighted by atomic mass is 35.5. The van der Waals surface area contributed by atoms with Gasteiger partial charge in [-0.05, 0) is 37.9 Å². The molecule has 168 valence electrons. The number of rotatable bonds is 5. The van der Waals surface area contributed by atoms with Gasteiger partial charge in [0.2, 0.25) is 5.91 Å². The van der Waals surface area contributed by atoms with Crippen molar-refractivity contribution in [2.45, 2.75) is 51.6 Å². The number of pyridine rings is 1. The van der Waals surface area contributed by atoms with E-state index in [9.17, 15) is 4.79 Å². The summed E-state index contributed by atoms with van der Waals surface area (Å²) in [6.45, 7) is 10.1. The van der Waals surface area contributed by atoms with Crippen LogP contribution < -0.4 is 16.0 Å². The summed E-state index contributed by atoms with van der Waals surface area (Å²) in [7, 11) is 0. The quantitative estimate of drug-likeness (QED) is 0.695. The van der Waals surface area contributed by atoms with Crippen LogP contribution in [-0.4, -0.2) is 54.1 Å². The van der Waals surface area contributed by atoms with Crippen LogP contribution in [0.5, 0.6) is 0 Å². The average Bonchev–Trinajstić information content (AvgIpc) is 2.66. The summed E-state index contributed by atoms with van der Waals surface area (Å²) in [5.74, 6) is 1.02. The van der Waals surface area contributed by atoms with Gasteiger partial charge in [0, 0.05) is 44.5 Å². The van der Waals surface area contributed by atoms with Crippen LogP contribution in [0.15, 0.2) is 18.3 Å². The number of amides is 1. The molecule has 1 amide bonds. The normalized spacial score (nSPS) is 24.5. The Labute approximate surface area is 193 Å². The van der Waals surface area contributed by atoms with Crippen LogP contribution >= 0.6 is 37.2 Å². The van der Waals surface area contributed by atoms with E-state index in [1.54, 1.807) is 0 Å². The fourth-order valence-electron chi connectivity index (χ4n) is 4.10. The number of carbonyl (C=O) groups excluding carboxylic acids is 1. The number of carbonyl (C=O) groups is 1. The van der Waals surface area contributed by atoms with E-state index < -0.39 is 0 Å². The molecule has 2 atom stereocenters. The third-order valence-corrected chi connectivity index (χ3v) is 5.99. The summed E-state index contributed by atoms with van der Waals surface area (Å²) in [4.78, 5) is 21.9. The Morgan fingerprint density at radius 3 is 2.45 bits per heavy atom. The zero-order valence-corrected chi connectivity index (χ0v) is 19.9. The van der Waals surface area contributed by atoms with E-state index in [0.717, 1.165) is 69.8 Å². The molecule has 6 nitrogen and oxygen atoms in total. The Bertz CT molecular complexity index is 607. The molecule has 1 saturated heterocycles. The summed E-state index contributed by atoms with van der Waals surface area (Å²) in [5.41, 5.74) is 6.98. The van der Waals surface area contributed by atoms with Gasteiger partial charge in [-0.1, -0.05) is 25.8 Å². The molecule has 2 heterocycles. The number of hydrogen-bond donors (Lipinski definition) is 2. The fourth-order valence-corrected chi connectivity index (χ4v) is 4.10. The maximum atomic E-state index is 12.5. The molecule has 1 aromatic rings. The van der Waals surface area contributed by atoms with Gasteiger partial charge < -0.3 is 20.9 Å². The van der Waals surface area contributed by atoms with Crippen molar-refractivity contribution in [3.05, 3.63) is 23.9 Å². The van der Waals surface area contributed by atoms with E-state index in [2.05, 4.69) is 39.2 Å². The molecule has 1 aliphatic carbocycles. The van der Waals surface area contributed by atoms with Crippen molar-refractivity contribution >= 4 is 48.9 Å². The van der Waals surface area contributed by atoms with Crippen molar-refractivity contribution in [1.82, 2.24) is 15.2 Å². The monoisotopic (exact) mass is 467 g/mol. The lowest BCUT2D eigenvalue weighted by Gasteiger charge is -2.37. The van der Waals surface area contributed by atoms with Crippen LogP contribution in [0.1, 0.15) is 45.1 Å². The third-order valence-electron chi connectivity index (χ3n) is 5.99. The van der Waals surface area contributed by atoms with Crippen molar-refractivity contribution in [1.29, 1.82) is 0 Å². The van der Waals surface area contributed by atoms with Crippen LogP contribution in [0.25, 0.3) is 0 Å². The minimum Gasteiger partial charge on any atom is -0.354 e. The van der Waals surface area contributed by atoms with Gasteiger partial charge in [0.05, 0.1) is 5.92 Å². The zero-order valence-electron chi connectivity index (χ0n) is 17.4. The van der Waals surface area contributed by atoms with E-state index >= 15 is 0 Å². The SMILES string of the molecule is CCN1CCN(c2ccc(CNC(=O)C3CCCCC3(C)N)cn2)CC1.Cl.Cl.Cl. The molecule has 2 aliphatic rings. The van der Waals surface area contributed by atoms with Crippen molar-refractivity contribution in [3.8, 4) is 0 Å². The molecule has 29 heavy (non-hydrogen) atoms. The fraction of sp³-hybridized carbons (Fsp3) is 0.700. The molecule has 1 aromatic heterocycles. The predicted molar refractivity (Wildman–Crippen MR) is 127 cm³/mol. The first-order valence-electron chi connectivity index (χ1n) is 9.98. The van der Waals surface area contributed by atoms with E-state index in [1.807, 2.05) is 13.1 Å². The highest BCUT2D eigenvalue weighted by Gasteiger charge is 2.37. The molecule has 1 saturated carbocycles. The van der Waals surface area contributed by atoms with E-state index in [4.69, 9.17) is 5.73 Å². The number of nitrogens with one attached hydrogen (secondary N) is 1. The van der Waals surface area contributed by atoms with Crippen LogP contribution in [-0.2, 0) is 11.3 Å². The Morgan fingerprint density at radius 2 is 1.90 bits per heavy atom. The molecule has 3 rings (SSSR count). The lowest BCUT2D eigenvalue weighted by molar-refractivity contribution is -0.128. The summed E-state index contributed by atoms with van der Waals surface area (Å²) in [6.07, 6.45) is 5.90. The number of anilines is 1. The Morgan fingerprint density at radius 1 is 1.21 bits per heavy atom. The largest absolute Gasteiger partial charge is 0.354 e. The number of likely N-dealkylation sites (N-methyl/N-ethyl adjacent to an activating group) is 1.